The summed E-state index contributed by atoms with van der Waals surface area (Å²) in [7, 11) is 1.85. The van der Waals surface area contributed by atoms with E-state index in [0.29, 0.717) is 0 Å². The predicted octanol–water partition coefficient (Wildman–Crippen LogP) is 2.31. The maximum absolute atomic E-state index is 5.73. The molecule has 2 fully saturated rings. The van der Waals surface area contributed by atoms with Gasteiger partial charge in [0, 0.05) is 26.7 Å². The molecule has 0 radical (unpaired) electrons. The number of hydrogen-bond acceptors (Lipinski definition) is 4. The minimum absolute atomic E-state index is 0.269. The molecule has 2 saturated heterocycles. The summed E-state index contributed by atoms with van der Waals surface area (Å²) in [6.07, 6.45) is 6.95. The molecule has 26 heavy (non-hydrogen) atoms. The summed E-state index contributed by atoms with van der Waals surface area (Å²) in [6.45, 7) is 9.93. The molecule has 6 heteroatoms. The van der Waals surface area contributed by atoms with Gasteiger partial charge in [-0.15, -0.1) is 0 Å². The van der Waals surface area contributed by atoms with E-state index in [1.54, 1.807) is 6.26 Å². The fourth-order valence-electron chi connectivity index (χ4n) is 4.14. The minimum Gasteiger partial charge on any atom is -0.468 e. The highest BCUT2D eigenvalue weighted by atomic mass is 16.3. The van der Waals surface area contributed by atoms with Crippen molar-refractivity contribution in [1.82, 2.24) is 20.4 Å². The Balaban J connectivity index is 1.50. The first-order chi connectivity index (χ1) is 12.8. The number of nitrogens with zero attached hydrogens (tertiary/aromatic N) is 3. The van der Waals surface area contributed by atoms with Crippen LogP contribution in [0.2, 0.25) is 0 Å². The van der Waals surface area contributed by atoms with E-state index in [9.17, 15) is 0 Å². The second-order valence-electron chi connectivity index (χ2n) is 7.51. The number of likely N-dealkylation sites (tertiary alicyclic amines) is 2. The maximum Gasteiger partial charge on any atom is 0.191 e. The van der Waals surface area contributed by atoms with Crippen LogP contribution in [0.15, 0.2) is 27.8 Å². The number of aliphatic imine (C=N–C) groups is 1. The van der Waals surface area contributed by atoms with Crippen LogP contribution in [0.3, 0.4) is 0 Å². The van der Waals surface area contributed by atoms with Crippen molar-refractivity contribution in [3.05, 3.63) is 24.2 Å². The molecule has 2 aliphatic heterocycles. The molecular weight excluding hydrogens is 326 g/mol. The van der Waals surface area contributed by atoms with Crippen LogP contribution in [0.5, 0.6) is 0 Å². The minimum atomic E-state index is 0.269. The van der Waals surface area contributed by atoms with Gasteiger partial charge in [-0.25, -0.2) is 0 Å². The first kappa shape index (κ1) is 19.2. The van der Waals surface area contributed by atoms with E-state index in [-0.39, 0.29) is 6.04 Å². The van der Waals surface area contributed by atoms with Gasteiger partial charge >= 0.3 is 0 Å². The van der Waals surface area contributed by atoms with Crippen molar-refractivity contribution in [2.75, 3.05) is 52.9 Å². The highest BCUT2D eigenvalue weighted by molar-refractivity contribution is 5.79. The fourth-order valence-corrected chi connectivity index (χ4v) is 4.14. The summed E-state index contributed by atoms with van der Waals surface area (Å²) in [4.78, 5) is 9.48. The number of hydrogen-bond donors (Lipinski definition) is 2. The lowest BCUT2D eigenvalue weighted by Gasteiger charge is -2.33. The molecule has 2 aliphatic rings. The smallest absolute Gasteiger partial charge is 0.191 e. The third-order valence-electron chi connectivity index (χ3n) is 5.76. The number of guanidine groups is 1. The van der Waals surface area contributed by atoms with Gasteiger partial charge in [0.25, 0.3) is 0 Å². The average molecular weight is 362 g/mol. The number of rotatable bonds is 7. The van der Waals surface area contributed by atoms with E-state index in [2.05, 4.69) is 38.4 Å². The van der Waals surface area contributed by atoms with E-state index in [0.717, 1.165) is 50.4 Å². The molecule has 146 valence electrons. The van der Waals surface area contributed by atoms with Gasteiger partial charge < -0.3 is 20.0 Å². The molecule has 0 amide bonds. The topological polar surface area (TPSA) is 56.0 Å². The van der Waals surface area contributed by atoms with E-state index in [1.165, 1.54) is 38.8 Å². The molecule has 0 bridgehead atoms. The lowest BCUT2D eigenvalue weighted by molar-refractivity contribution is 0.146. The monoisotopic (exact) mass is 361 g/mol. The Bertz CT molecular complexity index is 538. The summed E-state index contributed by atoms with van der Waals surface area (Å²) in [5.41, 5.74) is 0. The van der Waals surface area contributed by atoms with Gasteiger partial charge in [-0.1, -0.05) is 13.3 Å². The Morgan fingerprint density at radius 2 is 2.12 bits per heavy atom. The van der Waals surface area contributed by atoms with Gasteiger partial charge in [0.1, 0.15) is 5.76 Å². The van der Waals surface area contributed by atoms with E-state index >= 15 is 0 Å². The first-order valence-electron chi connectivity index (χ1n) is 10.2. The van der Waals surface area contributed by atoms with Crippen LogP contribution in [-0.2, 0) is 0 Å². The first-order valence-corrected chi connectivity index (χ1v) is 10.2. The maximum atomic E-state index is 5.73. The van der Waals surface area contributed by atoms with E-state index in [1.807, 2.05) is 13.1 Å². The molecule has 0 aromatic carbocycles. The lowest BCUT2D eigenvalue weighted by atomic mass is 10.1. The predicted molar refractivity (Wildman–Crippen MR) is 106 cm³/mol. The van der Waals surface area contributed by atoms with Crippen molar-refractivity contribution >= 4 is 5.96 Å². The van der Waals surface area contributed by atoms with Crippen LogP contribution >= 0.6 is 0 Å². The summed E-state index contributed by atoms with van der Waals surface area (Å²) in [5, 5.41) is 7.05. The van der Waals surface area contributed by atoms with Crippen molar-refractivity contribution in [1.29, 1.82) is 0 Å². The Labute approximate surface area is 158 Å². The van der Waals surface area contributed by atoms with Crippen LogP contribution in [0.25, 0.3) is 0 Å². The highest BCUT2D eigenvalue weighted by Crippen LogP contribution is 2.24. The lowest BCUT2D eigenvalue weighted by Crippen LogP contribution is -2.45. The molecule has 2 unspecified atom stereocenters. The van der Waals surface area contributed by atoms with Crippen molar-refractivity contribution in [2.24, 2.45) is 10.9 Å². The fraction of sp³-hybridized carbons (Fsp3) is 0.750. The molecule has 3 heterocycles. The molecule has 1 aromatic heterocycles. The SMILES string of the molecule is CCN1CCC(CNC(=NC)NCC(c2ccco2)N2CCCCC2)C1. The van der Waals surface area contributed by atoms with E-state index in [4.69, 9.17) is 4.42 Å². The zero-order chi connectivity index (χ0) is 18.2. The molecule has 0 spiro atoms. The number of piperidine rings is 1. The Morgan fingerprint density at radius 3 is 2.77 bits per heavy atom. The van der Waals surface area contributed by atoms with Crippen molar-refractivity contribution in [3.63, 3.8) is 0 Å². The summed E-state index contributed by atoms with van der Waals surface area (Å²) in [5.74, 6) is 2.66. The van der Waals surface area contributed by atoms with Crippen molar-refractivity contribution in [2.45, 2.75) is 38.6 Å². The second-order valence-corrected chi connectivity index (χ2v) is 7.51. The van der Waals surface area contributed by atoms with Gasteiger partial charge in [-0.3, -0.25) is 9.89 Å². The second kappa shape index (κ2) is 9.97. The van der Waals surface area contributed by atoms with Gasteiger partial charge in [-0.2, -0.15) is 0 Å². The molecule has 6 nitrogen and oxygen atoms in total. The molecule has 2 atom stereocenters. The van der Waals surface area contributed by atoms with Crippen LogP contribution < -0.4 is 10.6 Å². The summed E-state index contributed by atoms with van der Waals surface area (Å²) >= 11 is 0. The molecule has 3 rings (SSSR count). The summed E-state index contributed by atoms with van der Waals surface area (Å²) in [6, 6.07) is 4.35. The normalized spacial score (nSPS) is 23.9. The zero-order valence-electron chi connectivity index (χ0n) is 16.4. The molecule has 0 aliphatic carbocycles. The largest absolute Gasteiger partial charge is 0.468 e. The molecule has 1 aromatic rings. The Hall–Kier alpha value is -1.53. The zero-order valence-corrected chi connectivity index (χ0v) is 16.4. The van der Waals surface area contributed by atoms with Crippen LogP contribution in [0, 0.1) is 5.92 Å². The van der Waals surface area contributed by atoms with Gasteiger partial charge in [0.05, 0.1) is 12.3 Å². The quantitative estimate of drug-likeness (QED) is 0.577. The van der Waals surface area contributed by atoms with Gasteiger partial charge in [0.2, 0.25) is 0 Å². The van der Waals surface area contributed by atoms with Gasteiger partial charge in [0.15, 0.2) is 5.96 Å². The number of furan rings is 1. The Morgan fingerprint density at radius 1 is 1.27 bits per heavy atom. The summed E-state index contributed by atoms with van der Waals surface area (Å²) < 4.78 is 5.73. The molecule has 2 N–H and O–H groups in total. The molecular formula is C20H35N5O. The van der Waals surface area contributed by atoms with Crippen LogP contribution in [-0.4, -0.2) is 68.6 Å². The highest BCUT2D eigenvalue weighted by Gasteiger charge is 2.25. The standard InChI is InChI=1S/C20H35N5O/c1-3-24-12-9-17(16-24)14-22-20(21-2)23-15-18(19-8-7-13-26-19)25-10-5-4-6-11-25/h7-8,13,17-18H,3-6,9-12,14-16H2,1-2H3,(H2,21,22,23). The van der Waals surface area contributed by atoms with Crippen molar-refractivity contribution < 1.29 is 4.42 Å². The van der Waals surface area contributed by atoms with Gasteiger partial charge in [-0.05, 0) is 63.5 Å². The van der Waals surface area contributed by atoms with Crippen LogP contribution in [0.1, 0.15) is 44.4 Å². The third-order valence-corrected chi connectivity index (χ3v) is 5.76. The average Bonchev–Trinajstić information content (AvgIpc) is 3.37. The van der Waals surface area contributed by atoms with E-state index < -0.39 is 0 Å². The number of nitrogens with one attached hydrogen (secondary N) is 2. The van der Waals surface area contributed by atoms with Crippen LogP contribution in [0.4, 0.5) is 0 Å². The molecule has 0 saturated carbocycles. The third kappa shape index (κ3) is 5.24. The Kier molecular flexibility index (Phi) is 7.38. The van der Waals surface area contributed by atoms with Crippen molar-refractivity contribution in [3.8, 4) is 0 Å².